The molecular weight excluding hydrogens is 302 g/mol. The zero-order valence-corrected chi connectivity index (χ0v) is 12.3. The maximum absolute atomic E-state index is 11.8. The SMILES string of the molecule is CC(CS(=O)(=O)NCCCBr)c1ccccc1. The number of rotatable bonds is 7. The van der Waals surface area contributed by atoms with Gasteiger partial charge in [0.1, 0.15) is 0 Å². The van der Waals surface area contributed by atoms with Crippen molar-refractivity contribution in [2.24, 2.45) is 0 Å². The van der Waals surface area contributed by atoms with E-state index in [0.29, 0.717) is 6.54 Å². The molecule has 3 nitrogen and oxygen atoms in total. The Labute approximate surface area is 112 Å². The Morgan fingerprint density at radius 1 is 1.29 bits per heavy atom. The lowest BCUT2D eigenvalue weighted by atomic mass is 10.0. The van der Waals surface area contributed by atoms with Crippen molar-refractivity contribution in [3.05, 3.63) is 35.9 Å². The van der Waals surface area contributed by atoms with Gasteiger partial charge in [-0.25, -0.2) is 13.1 Å². The molecule has 17 heavy (non-hydrogen) atoms. The fourth-order valence-corrected chi connectivity index (χ4v) is 3.26. The summed E-state index contributed by atoms with van der Waals surface area (Å²) in [6, 6.07) is 9.70. The molecule has 0 aliphatic rings. The number of halogens is 1. The zero-order valence-electron chi connectivity index (χ0n) is 9.90. The number of sulfonamides is 1. The smallest absolute Gasteiger partial charge is 0.212 e. The number of hydrogen-bond donors (Lipinski definition) is 1. The van der Waals surface area contributed by atoms with Gasteiger partial charge in [0.25, 0.3) is 0 Å². The van der Waals surface area contributed by atoms with Crippen LogP contribution in [0.4, 0.5) is 0 Å². The first-order valence-corrected chi connectivity index (χ1v) is 8.41. The second kappa shape index (κ2) is 7.13. The maximum Gasteiger partial charge on any atom is 0.212 e. The molecule has 0 saturated carbocycles. The highest BCUT2D eigenvalue weighted by atomic mass is 79.9. The average Bonchev–Trinajstić information content (AvgIpc) is 2.30. The van der Waals surface area contributed by atoms with Crippen molar-refractivity contribution in [2.75, 3.05) is 17.6 Å². The number of benzene rings is 1. The molecule has 96 valence electrons. The van der Waals surface area contributed by atoms with E-state index in [9.17, 15) is 8.42 Å². The first-order valence-electron chi connectivity index (χ1n) is 5.63. The molecule has 0 aliphatic carbocycles. The van der Waals surface area contributed by atoms with E-state index in [4.69, 9.17) is 0 Å². The zero-order chi connectivity index (χ0) is 12.7. The summed E-state index contributed by atoms with van der Waals surface area (Å²) in [7, 11) is -3.17. The van der Waals surface area contributed by atoms with Gasteiger partial charge >= 0.3 is 0 Å². The highest BCUT2D eigenvalue weighted by Crippen LogP contribution is 2.16. The van der Waals surface area contributed by atoms with Gasteiger partial charge in [-0.15, -0.1) is 0 Å². The molecule has 0 aromatic heterocycles. The molecule has 0 bridgehead atoms. The number of alkyl halides is 1. The van der Waals surface area contributed by atoms with E-state index in [0.717, 1.165) is 17.3 Å². The Morgan fingerprint density at radius 3 is 2.53 bits per heavy atom. The molecule has 1 aromatic carbocycles. The molecule has 0 radical (unpaired) electrons. The largest absolute Gasteiger partial charge is 0.215 e. The predicted octanol–water partition coefficient (Wildman–Crippen LogP) is 2.49. The van der Waals surface area contributed by atoms with Gasteiger partial charge in [-0.1, -0.05) is 53.2 Å². The lowest BCUT2D eigenvalue weighted by molar-refractivity contribution is 0.575. The van der Waals surface area contributed by atoms with E-state index >= 15 is 0 Å². The van der Waals surface area contributed by atoms with E-state index in [-0.39, 0.29) is 11.7 Å². The molecule has 0 amide bonds. The van der Waals surface area contributed by atoms with Crippen LogP contribution in [0.25, 0.3) is 0 Å². The van der Waals surface area contributed by atoms with E-state index in [1.807, 2.05) is 37.3 Å². The van der Waals surface area contributed by atoms with Gasteiger partial charge in [-0.3, -0.25) is 0 Å². The van der Waals surface area contributed by atoms with Crippen LogP contribution in [0.15, 0.2) is 30.3 Å². The van der Waals surface area contributed by atoms with Gasteiger partial charge in [-0.2, -0.15) is 0 Å². The maximum atomic E-state index is 11.8. The van der Waals surface area contributed by atoms with Gasteiger partial charge in [0.15, 0.2) is 0 Å². The van der Waals surface area contributed by atoms with Crippen molar-refractivity contribution in [1.29, 1.82) is 0 Å². The highest BCUT2D eigenvalue weighted by molar-refractivity contribution is 9.09. The van der Waals surface area contributed by atoms with Crippen LogP contribution in [-0.2, 0) is 10.0 Å². The minimum Gasteiger partial charge on any atom is -0.215 e. The van der Waals surface area contributed by atoms with Crippen molar-refractivity contribution >= 4 is 26.0 Å². The summed E-state index contributed by atoms with van der Waals surface area (Å²) in [6.07, 6.45) is 0.805. The second-order valence-corrected chi connectivity index (χ2v) is 6.67. The number of nitrogens with one attached hydrogen (secondary N) is 1. The second-order valence-electron chi connectivity index (χ2n) is 4.03. The first kappa shape index (κ1) is 14.7. The van der Waals surface area contributed by atoms with Crippen LogP contribution in [0.1, 0.15) is 24.8 Å². The Balaban J connectivity index is 2.53. The first-order chi connectivity index (χ1) is 8.05. The van der Waals surface area contributed by atoms with Crippen molar-refractivity contribution < 1.29 is 8.42 Å². The Hall–Kier alpha value is -0.390. The number of hydrogen-bond acceptors (Lipinski definition) is 2. The molecule has 0 fully saturated rings. The third-order valence-electron chi connectivity index (χ3n) is 2.47. The van der Waals surface area contributed by atoms with E-state index in [1.165, 1.54) is 0 Å². The molecule has 0 aliphatic heterocycles. The lowest BCUT2D eigenvalue weighted by Crippen LogP contribution is -2.29. The standard InChI is InChI=1S/C12H18BrNO2S/c1-11(12-6-3-2-4-7-12)10-17(15,16)14-9-5-8-13/h2-4,6-7,11,14H,5,8-10H2,1H3. The molecule has 0 heterocycles. The summed E-state index contributed by atoms with van der Waals surface area (Å²) in [6.45, 7) is 2.42. The van der Waals surface area contributed by atoms with Crippen LogP contribution in [0.5, 0.6) is 0 Å². The minimum atomic E-state index is -3.17. The fourth-order valence-electron chi connectivity index (χ4n) is 1.56. The van der Waals surface area contributed by atoms with E-state index < -0.39 is 10.0 Å². The Kier molecular flexibility index (Phi) is 6.16. The molecule has 1 N–H and O–H groups in total. The lowest BCUT2D eigenvalue weighted by Gasteiger charge is -2.12. The molecule has 0 saturated heterocycles. The van der Waals surface area contributed by atoms with Crippen molar-refractivity contribution in [3.63, 3.8) is 0 Å². The molecule has 1 unspecified atom stereocenters. The van der Waals surface area contributed by atoms with Crippen LogP contribution in [0.2, 0.25) is 0 Å². The predicted molar refractivity (Wildman–Crippen MR) is 75.1 cm³/mol. The molecule has 1 aromatic rings. The summed E-state index contributed by atoms with van der Waals surface area (Å²) in [4.78, 5) is 0. The average molecular weight is 320 g/mol. The fraction of sp³-hybridized carbons (Fsp3) is 0.500. The van der Waals surface area contributed by atoms with Gasteiger partial charge in [-0.05, 0) is 17.9 Å². The summed E-state index contributed by atoms with van der Waals surface area (Å²) < 4.78 is 26.1. The van der Waals surface area contributed by atoms with Crippen LogP contribution >= 0.6 is 15.9 Å². The van der Waals surface area contributed by atoms with Crippen LogP contribution in [-0.4, -0.2) is 26.0 Å². The van der Waals surface area contributed by atoms with Gasteiger partial charge in [0.05, 0.1) is 5.75 Å². The quantitative estimate of drug-likeness (QED) is 0.620. The molecule has 0 spiro atoms. The van der Waals surface area contributed by atoms with Gasteiger partial charge in [0.2, 0.25) is 10.0 Å². The highest BCUT2D eigenvalue weighted by Gasteiger charge is 2.16. The van der Waals surface area contributed by atoms with Gasteiger partial charge < -0.3 is 0 Å². The molecule has 1 atom stereocenters. The summed E-state index contributed by atoms with van der Waals surface area (Å²) >= 11 is 3.27. The third-order valence-corrected chi connectivity index (χ3v) is 4.61. The third kappa shape index (κ3) is 5.66. The Morgan fingerprint density at radius 2 is 1.94 bits per heavy atom. The summed E-state index contributed by atoms with van der Waals surface area (Å²) in [5, 5.41) is 0.809. The topological polar surface area (TPSA) is 46.2 Å². The van der Waals surface area contributed by atoms with Gasteiger partial charge in [0, 0.05) is 11.9 Å². The summed E-state index contributed by atoms with van der Waals surface area (Å²) in [5.41, 5.74) is 1.05. The van der Waals surface area contributed by atoms with E-state index in [1.54, 1.807) is 0 Å². The van der Waals surface area contributed by atoms with Crippen LogP contribution in [0, 0.1) is 0 Å². The Bertz CT molecular complexity index is 419. The van der Waals surface area contributed by atoms with Crippen molar-refractivity contribution in [3.8, 4) is 0 Å². The van der Waals surface area contributed by atoms with Crippen LogP contribution < -0.4 is 4.72 Å². The van der Waals surface area contributed by atoms with Crippen LogP contribution in [0.3, 0.4) is 0 Å². The minimum absolute atomic E-state index is 0.0117. The summed E-state index contributed by atoms with van der Waals surface area (Å²) in [5.74, 6) is 0.150. The van der Waals surface area contributed by atoms with E-state index in [2.05, 4.69) is 20.7 Å². The normalized spacial score (nSPS) is 13.5. The van der Waals surface area contributed by atoms with Crippen molar-refractivity contribution in [2.45, 2.75) is 19.3 Å². The van der Waals surface area contributed by atoms with Crippen molar-refractivity contribution in [1.82, 2.24) is 4.72 Å². The molecular formula is C12H18BrNO2S. The molecule has 5 heteroatoms. The monoisotopic (exact) mass is 319 g/mol. The molecule has 1 rings (SSSR count).